The van der Waals surface area contributed by atoms with Crippen molar-refractivity contribution in [3.8, 4) is 0 Å². The van der Waals surface area contributed by atoms with Crippen molar-refractivity contribution in [1.29, 1.82) is 0 Å². The summed E-state index contributed by atoms with van der Waals surface area (Å²) in [5.41, 5.74) is 0. The van der Waals surface area contributed by atoms with Crippen LogP contribution < -0.4 is 0 Å². The number of hydrogen-bond donors (Lipinski definition) is 0. The first kappa shape index (κ1) is 10.4. The third-order valence-electron chi connectivity index (χ3n) is 3.89. The van der Waals surface area contributed by atoms with Crippen LogP contribution in [0, 0.1) is 23.7 Å². The first-order chi connectivity index (χ1) is 8.08. The van der Waals surface area contributed by atoms with E-state index in [1.807, 2.05) is 0 Å². The topological polar surface area (TPSA) is 86.7 Å². The summed E-state index contributed by atoms with van der Waals surface area (Å²) in [6.07, 6.45) is 0.854. The molecule has 90 valence electrons. The van der Waals surface area contributed by atoms with Crippen LogP contribution in [0.2, 0.25) is 0 Å². The van der Waals surface area contributed by atoms with E-state index in [1.54, 1.807) is 0 Å². The largest absolute Gasteiger partial charge is 0.393 e. The van der Waals surface area contributed by atoms with Gasteiger partial charge in [-0.25, -0.2) is 0 Å². The van der Waals surface area contributed by atoms with Crippen LogP contribution >= 0.6 is 0 Å². The molecule has 6 heteroatoms. The molecular weight excluding hydrogens is 228 g/mol. The zero-order valence-electron chi connectivity index (χ0n) is 8.88. The van der Waals surface area contributed by atoms with Gasteiger partial charge in [0.05, 0.1) is 17.8 Å². The summed E-state index contributed by atoms with van der Waals surface area (Å²) in [5.74, 6) is -4.54. The molecular formula is C11H10O6. The average Bonchev–Trinajstić information content (AvgIpc) is 2.53. The molecule has 0 aromatic heterocycles. The van der Waals surface area contributed by atoms with Gasteiger partial charge >= 0.3 is 23.9 Å². The van der Waals surface area contributed by atoms with E-state index < -0.39 is 41.6 Å². The fraction of sp³-hybridized carbons (Fsp3) is 0.636. The van der Waals surface area contributed by atoms with Gasteiger partial charge in [-0.15, -0.1) is 0 Å². The Bertz CT molecular complexity index is 439. The summed E-state index contributed by atoms with van der Waals surface area (Å²) in [4.78, 5) is 46.0. The van der Waals surface area contributed by atoms with Crippen molar-refractivity contribution in [3.05, 3.63) is 0 Å². The van der Waals surface area contributed by atoms with Crippen LogP contribution in [0.15, 0.2) is 0 Å². The van der Waals surface area contributed by atoms with Crippen molar-refractivity contribution in [1.82, 2.24) is 0 Å². The number of fused-ring (bicyclic) bond motifs is 5. The highest BCUT2D eigenvalue weighted by Gasteiger charge is 2.58. The highest BCUT2D eigenvalue weighted by molar-refractivity contribution is 5.98. The van der Waals surface area contributed by atoms with Gasteiger partial charge < -0.3 is 9.47 Å². The predicted molar refractivity (Wildman–Crippen MR) is 50.0 cm³/mol. The zero-order valence-corrected chi connectivity index (χ0v) is 8.88. The maximum atomic E-state index is 11.7. The van der Waals surface area contributed by atoms with Crippen molar-refractivity contribution in [3.63, 3.8) is 0 Å². The summed E-state index contributed by atoms with van der Waals surface area (Å²) in [5, 5.41) is 0. The minimum atomic E-state index is -0.689. The van der Waals surface area contributed by atoms with Crippen molar-refractivity contribution in [2.45, 2.75) is 19.3 Å². The van der Waals surface area contributed by atoms with E-state index >= 15 is 0 Å². The molecule has 3 aliphatic rings. The molecule has 2 saturated heterocycles. The summed E-state index contributed by atoms with van der Waals surface area (Å²) in [6, 6.07) is 0. The van der Waals surface area contributed by atoms with E-state index in [4.69, 9.17) is 0 Å². The van der Waals surface area contributed by atoms with Crippen molar-refractivity contribution in [2.75, 3.05) is 0 Å². The van der Waals surface area contributed by atoms with E-state index in [-0.39, 0.29) is 12.3 Å². The number of esters is 4. The molecule has 0 aromatic carbocycles. The van der Waals surface area contributed by atoms with Crippen molar-refractivity contribution in [2.24, 2.45) is 23.7 Å². The molecule has 1 aliphatic carbocycles. The van der Waals surface area contributed by atoms with Crippen LogP contribution in [-0.4, -0.2) is 23.9 Å². The van der Waals surface area contributed by atoms with Gasteiger partial charge in [-0.1, -0.05) is 0 Å². The highest BCUT2D eigenvalue weighted by Crippen LogP contribution is 2.49. The zero-order chi connectivity index (χ0) is 12.2. The van der Waals surface area contributed by atoms with Gasteiger partial charge in [0.2, 0.25) is 0 Å². The van der Waals surface area contributed by atoms with Crippen LogP contribution in [0.4, 0.5) is 0 Å². The molecule has 2 bridgehead atoms. The molecule has 2 aliphatic heterocycles. The van der Waals surface area contributed by atoms with Gasteiger partial charge in [0.15, 0.2) is 0 Å². The Morgan fingerprint density at radius 3 is 2.35 bits per heavy atom. The number of carbonyl (C=O) groups is 4. The van der Waals surface area contributed by atoms with Crippen LogP contribution in [0.25, 0.3) is 0 Å². The molecule has 0 aromatic rings. The van der Waals surface area contributed by atoms with E-state index in [0.717, 1.165) is 0 Å². The smallest absolute Gasteiger partial charge is 0.317 e. The molecule has 1 saturated carbocycles. The maximum absolute atomic E-state index is 11.7. The minimum absolute atomic E-state index is 0.109. The molecule has 0 N–H and O–H groups in total. The quantitative estimate of drug-likeness (QED) is 0.429. The number of cyclic esters (lactones) is 4. The molecule has 0 radical (unpaired) electrons. The lowest BCUT2D eigenvalue weighted by atomic mass is 9.85. The van der Waals surface area contributed by atoms with Gasteiger partial charge in [-0.3, -0.25) is 19.2 Å². The van der Waals surface area contributed by atoms with Gasteiger partial charge in [0, 0.05) is 6.42 Å². The first-order valence-electron chi connectivity index (χ1n) is 5.58. The SMILES string of the molecule is O=C1CCC2C3CC(C(=O)OC3=O)C2C(=O)O1. The standard InChI is InChI=1S/C11H10O6/c12-7-2-1-4-5-3-6(8(4)11(15)16-7)10(14)17-9(5)13/h4-6,8H,1-3H2. The van der Waals surface area contributed by atoms with Crippen LogP contribution in [-0.2, 0) is 28.7 Å². The summed E-state index contributed by atoms with van der Waals surface area (Å²) in [7, 11) is 0. The Morgan fingerprint density at radius 1 is 0.882 bits per heavy atom. The summed E-state index contributed by atoms with van der Waals surface area (Å²) >= 11 is 0. The first-order valence-corrected chi connectivity index (χ1v) is 5.58. The molecule has 6 nitrogen and oxygen atoms in total. The van der Waals surface area contributed by atoms with E-state index in [1.165, 1.54) is 0 Å². The molecule has 3 rings (SSSR count). The molecule has 4 atom stereocenters. The second-order valence-corrected chi connectivity index (χ2v) is 4.71. The molecule has 4 unspecified atom stereocenters. The van der Waals surface area contributed by atoms with Gasteiger partial charge in [0.1, 0.15) is 0 Å². The fourth-order valence-electron chi connectivity index (χ4n) is 3.14. The molecule has 17 heavy (non-hydrogen) atoms. The maximum Gasteiger partial charge on any atom is 0.317 e. The van der Waals surface area contributed by atoms with E-state index in [0.29, 0.717) is 12.8 Å². The second kappa shape index (κ2) is 3.38. The summed E-state index contributed by atoms with van der Waals surface area (Å²) in [6.45, 7) is 0. The van der Waals surface area contributed by atoms with Crippen molar-refractivity contribution >= 4 is 23.9 Å². The fourth-order valence-corrected chi connectivity index (χ4v) is 3.14. The lowest BCUT2D eigenvalue weighted by Crippen LogP contribution is -2.32. The Kier molecular flexibility index (Phi) is 2.08. The molecule has 0 amide bonds. The Labute approximate surface area is 96.2 Å². The van der Waals surface area contributed by atoms with Crippen LogP contribution in [0.1, 0.15) is 19.3 Å². The summed E-state index contributed by atoms with van der Waals surface area (Å²) < 4.78 is 9.23. The van der Waals surface area contributed by atoms with Crippen LogP contribution in [0.5, 0.6) is 0 Å². The number of ether oxygens (including phenoxy) is 2. The second-order valence-electron chi connectivity index (χ2n) is 4.71. The minimum Gasteiger partial charge on any atom is -0.393 e. The third-order valence-corrected chi connectivity index (χ3v) is 3.89. The number of carbonyl (C=O) groups excluding carboxylic acids is 4. The third kappa shape index (κ3) is 1.40. The van der Waals surface area contributed by atoms with Gasteiger partial charge in [-0.2, -0.15) is 0 Å². The molecule has 2 heterocycles. The lowest BCUT2D eigenvalue weighted by Gasteiger charge is -2.18. The normalized spacial score (nSPS) is 40.5. The lowest BCUT2D eigenvalue weighted by molar-refractivity contribution is -0.173. The van der Waals surface area contributed by atoms with Crippen molar-refractivity contribution < 1.29 is 28.7 Å². The Morgan fingerprint density at radius 2 is 1.59 bits per heavy atom. The van der Waals surface area contributed by atoms with E-state index in [9.17, 15) is 19.2 Å². The number of rotatable bonds is 0. The monoisotopic (exact) mass is 238 g/mol. The van der Waals surface area contributed by atoms with Crippen LogP contribution in [0.3, 0.4) is 0 Å². The highest BCUT2D eigenvalue weighted by atomic mass is 16.6. The molecule has 3 fully saturated rings. The Hall–Kier alpha value is -1.72. The van der Waals surface area contributed by atoms with E-state index in [2.05, 4.69) is 9.47 Å². The molecule has 0 spiro atoms. The van der Waals surface area contributed by atoms with Gasteiger partial charge in [-0.05, 0) is 18.8 Å². The number of hydrogen-bond acceptors (Lipinski definition) is 6. The average molecular weight is 238 g/mol. The predicted octanol–water partition coefficient (Wildman–Crippen LogP) is -0.198. The Balaban J connectivity index is 1.99. The van der Waals surface area contributed by atoms with Gasteiger partial charge in [0.25, 0.3) is 0 Å².